The van der Waals surface area contributed by atoms with E-state index in [4.69, 9.17) is 25.1 Å². The summed E-state index contributed by atoms with van der Waals surface area (Å²) in [5.74, 6) is 5.86. The summed E-state index contributed by atoms with van der Waals surface area (Å²) >= 11 is 5.07. The lowest BCUT2D eigenvalue weighted by atomic mass is 10.3. The molecule has 2 aliphatic rings. The van der Waals surface area contributed by atoms with Crippen LogP contribution in [0.3, 0.4) is 0 Å². The van der Waals surface area contributed by atoms with Crippen LogP contribution < -0.4 is 9.80 Å². The number of hydrogen-bond donors (Lipinski definition) is 0. The molecule has 2 aromatic rings. The van der Waals surface area contributed by atoms with Gasteiger partial charge >= 0.3 is 0 Å². The SMILES string of the molecule is C#CC(=O)N1CCN(c2ncccn2)CC1.C#CC(=S)N1CCN(c2ncccn2)CC1.CC.CC.CC.CC. The number of aromatic nitrogens is 4. The zero-order valence-corrected chi connectivity index (χ0v) is 26.5. The van der Waals surface area contributed by atoms with Gasteiger partial charge in [0, 0.05) is 77.1 Å². The minimum atomic E-state index is -0.242. The summed E-state index contributed by atoms with van der Waals surface area (Å²) < 4.78 is 0. The Morgan fingerprint density at radius 1 is 0.625 bits per heavy atom. The van der Waals surface area contributed by atoms with Crippen molar-refractivity contribution in [2.45, 2.75) is 55.4 Å². The van der Waals surface area contributed by atoms with E-state index >= 15 is 0 Å². The van der Waals surface area contributed by atoms with Crippen LogP contribution in [-0.2, 0) is 4.79 Å². The van der Waals surface area contributed by atoms with Crippen molar-refractivity contribution in [3.63, 3.8) is 0 Å². The van der Waals surface area contributed by atoms with Gasteiger partial charge in [-0.2, -0.15) is 0 Å². The minimum absolute atomic E-state index is 0.242. The van der Waals surface area contributed by atoms with Crippen LogP contribution in [-0.4, -0.2) is 93.0 Å². The van der Waals surface area contributed by atoms with Crippen LogP contribution in [0.2, 0.25) is 0 Å². The minimum Gasteiger partial charge on any atom is -0.352 e. The van der Waals surface area contributed by atoms with E-state index in [1.165, 1.54) is 0 Å². The van der Waals surface area contributed by atoms with Crippen LogP contribution in [0.4, 0.5) is 11.9 Å². The highest BCUT2D eigenvalue weighted by Gasteiger charge is 2.21. The monoisotopic (exact) mass is 568 g/mol. The van der Waals surface area contributed by atoms with Gasteiger partial charge in [0.15, 0.2) is 4.99 Å². The Morgan fingerprint density at radius 3 is 1.25 bits per heavy atom. The summed E-state index contributed by atoms with van der Waals surface area (Å²) in [5, 5.41) is 0. The van der Waals surface area contributed by atoms with E-state index in [1.54, 1.807) is 35.8 Å². The van der Waals surface area contributed by atoms with Gasteiger partial charge in [-0.15, -0.1) is 12.8 Å². The first kappa shape index (κ1) is 38.4. The van der Waals surface area contributed by atoms with Crippen LogP contribution >= 0.6 is 12.2 Å². The Kier molecular flexibility index (Phi) is 24.5. The third-order valence-electron chi connectivity index (χ3n) is 5.05. The van der Waals surface area contributed by atoms with E-state index in [0.717, 1.165) is 45.2 Å². The van der Waals surface area contributed by atoms with E-state index in [9.17, 15) is 4.79 Å². The van der Waals surface area contributed by atoms with Gasteiger partial charge in [0.05, 0.1) is 0 Å². The Balaban J connectivity index is 0. The molecule has 0 N–H and O–H groups in total. The molecule has 0 atom stereocenters. The molecule has 2 aliphatic heterocycles. The molecule has 0 aromatic carbocycles. The first-order valence-electron chi connectivity index (χ1n) is 14.2. The molecule has 220 valence electrons. The van der Waals surface area contributed by atoms with E-state index in [1.807, 2.05) is 71.3 Å². The third kappa shape index (κ3) is 13.9. The van der Waals surface area contributed by atoms with Gasteiger partial charge in [-0.25, -0.2) is 19.9 Å². The van der Waals surface area contributed by atoms with Crippen molar-refractivity contribution in [2.75, 3.05) is 62.2 Å². The highest BCUT2D eigenvalue weighted by molar-refractivity contribution is 7.80. The Labute approximate surface area is 248 Å². The van der Waals surface area contributed by atoms with Crippen molar-refractivity contribution in [3.8, 4) is 24.7 Å². The molecule has 0 radical (unpaired) electrons. The molecular weight excluding hydrogens is 520 g/mol. The first-order chi connectivity index (χ1) is 19.6. The van der Waals surface area contributed by atoms with Gasteiger partial charge in [-0.1, -0.05) is 67.6 Å². The standard InChI is InChI=1S/C11H12N4O.C11H12N4S.4C2H6/c2*1-2-10(16)14-6-8-15(9-7-14)11-12-4-3-5-13-11;4*1-2/h2*1,3-5H,6-9H2;4*1-2H3. The van der Waals surface area contributed by atoms with Gasteiger partial charge in [0.2, 0.25) is 11.9 Å². The number of thiocarbonyl (C=S) groups is 1. The van der Waals surface area contributed by atoms with E-state index < -0.39 is 0 Å². The largest absolute Gasteiger partial charge is 0.352 e. The normalized spacial score (nSPS) is 13.2. The Hall–Kier alpha value is -3.76. The Morgan fingerprint density at radius 2 is 0.950 bits per heavy atom. The summed E-state index contributed by atoms with van der Waals surface area (Å²) in [7, 11) is 0. The molecule has 0 bridgehead atoms. The van der Waals surface area contributed by atoms with Crippen molar-refractivity contribution >= 4 is 35.0 Å². The summed E-state index contributed by atoms with van der Waals surface area (Å²) in [4.78, 5) is 36.5. The first-order valence-corrected chi connectivity index (χ1v) is 14.6. The molecule has 9 nitrogen and oxygen atoms in total. The number of hydrogen-bond acceptors (Lipinski definition) is 8. The molecule has 40 heavy (non-hydrogen) atoms. The van der Waals surface area contributed by atoms with Crippen LogP contribution in [0.15, 0.2) is 36.9 Å². The number of piperazine rings is 2. The van der Waals surface area contributed by atoms with Crippen LogP contribution in [0.25, 0.3) is 0 Å². The average molecular weight is 569 g/mol. The fourth-order valence-electron chi connectivity index (χ4n) is 3.31. The van der Waals surface area contributed by atoms with Gasteiger partial charge in [0.1, 0.15) is 0 Å². The predicted octanol–water partition coefficient (Wildman–Crippen LogP) is 4.42. The van der Waals surface area contributed by atoms with Gasteiger partial charge < -0.3 is 19.6 Å². The molecule has 1 amide bonds. The molecule has 0 unspecified atom stereocenters. The second-order valence-electron chi connectivity index (χ2n) is 6.94. The quantitative estimate of drug-likeness (QED) is 0.386. The maximum atomic E-state index is 11.3. The molecule has 0 aliphatic carbocycles. The third-order valence-corrected chi connectivity index (χ3v) is 5.43. The fourth-order valence-corrected chi connectivity index (χ4v) is 3.49. The van der Waals surface area contributed by atoms with Crippen LogP contribution in [0.1, 0.15) is 55.4 Å². The summed E-state index contributed by atoms with van der Waals surface area (Å²) in [5.41, 5.74) is 0. The van der Waals surface area contributed by atoms with Gasteiger partial charge in [-0.3, -0.25) is 4.79 Å². The van der Waals surface area contributed by atoms with Crippen LogP contribution in [0.5, 0.6) is 0 Å². The predicted molar refractivity (Wildman–Crippen MR) is 172 cm³/mol. The molecule has 0 saturated carbocycles. The summed E-state index contributed by atoms with van der Waals surface area (Å²) in [6.45, 7) is 22.1. The highest BCUT2D eigenvalue weighted by atomic mass is 32.1. The molecule has 2 saturated heterocycles. The number of terminal acetylenes is 2. The molecule has 2 aromatic heterocycles. The molecule has 10 heteroatoms. The number of carbonyl (C=O) groups excluding carboxylic acids is 1. The lowest BCUT2D eigenvalue weighted by Gasteiger charge is -2.34. The highest BCUT2D eigenvalue weighted by Crippen LogP contribution is 2.10. The topological polar surface area (TPSA) is 81.6 Å². The van der Waals surface area contributed by atoms with Crippen molar-refractivity contribution in [3.05, 3.63) is 36.9 Å². The molecule has 4 rings (SSSR count). The number of anilines is 2. The number of rotatable bonds is 2. The van der Waals surface area contributed by atoms with Crippen LogP contribution in [0, 0.1) is 24.7 Å². The van der Waals surface area contributed by atoms with Gasteiger partial charge in [-0.05, 0) is 24.0 Å². The second-order valence-corrected chi connectivity index (χ2v) is 7.33. The molecule has 2 fully saturated rings. The van der Waals surface area contributed by atoms with Crippen molar-refractivity contribution in [2.24, 2.45) is 0 Å². The van der Waals surface area contributed by atoms with Gasteiger partial charge in [0.25, 0.3) is 5.91 Å². The lowest BCUT2D eigenvalue weighted by molar-refractivity contribution is -0.125. The van der Waals surface area contributed by atoms with Crippen molar-refractivity contribution in [1.29, 1.82) is 0 Å². The molecule has 0 spiro atoms. The molecule has 4 heterocycles. The zero-order chi connectivity index (χ0) is 30.8. The fraction of sp³-hybridized carbons (Fsp3) is 0.533. The number of amides is 1. The zero-order valence-electron chi connectivity index (χ0n) is 25.7. The van der Waals surface area contributed by atoms with E-state index in [-0.39, 0.29) is 5.91 Å². The average Bonchev–Trinajstić information content (AvgIpc) is 3.09. The van der Waals surface area contributed by atoms with E-state index in [0.29, 0.717) is 24.0 Å². The second kappa shape index (κ2) is 25.5. The van der Waals surface area contributed by atoms with Crippen molar-refractivity contribution < 1.29 is 4.79 Å². The Bertz CT molecular complexity index is 895. The summed E-state index contributed by atoms with van der Waals surface area (Å²) in [6.07, 6.45) is 17.3. The molecular formula is C30H48N8OS. The number of carbonyl (C=O) groups is 1. The van der Waals surface area contributed by atoms with Crippen molar-refractivity contribution in [1.82, 2.24) is 29.7 Å². The maximum absolute atomic E-state index is 11.3. The smallest absolute Gasteiger partial charge is 0.298 e. The summed E-state index contributed by atoms with van der Waals surface area (Å²) in [6, 6.07) is 3.59. The lowest BCUT2D eigenvalue weighted by Crippen LogP contribution is -2.48. The number of nitrogens with zero attached hydrogens (tertiary/aromatic N) is 8. The van der Waals surface area contributed by atoms with E-state index in [2.05, 4.69) is 36.7 Å². The maximum Gasteiger partial charge on any atom is 0.298 e.